The minimum Gasteiger partial charge on any atom is -0.507 e. The van der Waals surface area contributed by atoms with E-state index >= 15 is 0 Å². The molecule has 2 aromatic carbocycles. The maximum absolute atomic E-state index is 13.5. The molecule has 0 unspecified atom stereocenters. The number of aliphatic hydroxyl groups is 1. The number of ether oxygens (including phenoxy) is 1. The minimum absolute atomic E-state index is 0.133. The van der Waals surface area contributed by atoms with Gasteiger partial charge in [-0.15, -0.1) is 0 Å². The lowest BCUT2D eigenvalue weighted by molar-refractivity contribution is -0.132. The summed E-state index contributed by atoms with van der Waals surface area (Å²) in [6, 6.07) is 11.4. The van der Waals surface area contributed by atoms with Gasteiger partial charge in [-0.2, -0.15) is 0 Å². The molecule has 36 heavy (non-hydrogen) atoms. The molecule has 186 valence electrons. The maximum Gasteiger partial charge on any atom is 0.350 e. The average Bonchev–Trinajstić information content (AvgIpc) is 3.36. The fraction of sp³-hybridized carbons (Fsp3) is 0.259. The number of esters is 1. The first-order valence-corrected chi connectivity index (χ1v) is 12.3. The number of thiazole rings is 1. The van der Waals surface area contributed by atoms with Crippen molar-refractivity contribution in [3.63, 3.8) is 0 Å². The molecular formula is C27H25FN2O5S. The zero-order chi connectivity index (χ0) is 26.1. The van der Waals surface area contributed by atoms with Crippen molar-refractivity contribution < 1.29 is 28.6 Å². The van der Waals surface area contributed by atoms with Crippen LogP contribution in [0, 0.1) is 12.7 Å². The molecule has 1 aliphatic rings. The Balaban J connectivity index is 1.90. The number of benzene rings is 2. The van der Waals surface area contributed by atoms with Gasteiger partial charge in [-0.3, -0.25) is 14.5 Å². The summed E-state index contributed by atoms with van der Waals surface area (Å²) in [5.74, 6) is -3.02. The Morgan fingerprint density at radius 2 is 1.78 bits per heavy atom. The van der Waals surface area contributed by atoms with Gasteiger partial charge in [0, 0.05) is 5.56 Å². The number of ketones is 1. The number of amides is 1. The number of hydrogen-bond acceptors (Lipinski definition) is 7. The third kappa shape index (κ3) is 4.54. The van der Waals surface area contributed by atoms with E-state index < -0.39 is 35.3 Å². The summed E-state index contributed by atoms with van der Waals surface area (Å²) in [6.07, 6.45) is 0. The largest absolute Gasteiger partial charge is 0.507 e. The van der Waals surface area contributed by atoms with E-state index in [1.165, 1.54) is 17.0 Å². The smallest absolute Gasteiger partial charge is 0.350 e. The molecule has 0 radical (unpaired) electrons. The summed E-state index contributed by atoms with van der Waals surface area (Å²) in [4.78, 5) is 44.8. The van der Waals surface area contributed by atoms with E-state index in [-0.39, 0.29) is 33.7 Å². The monoisotopic (exact) mass is 508 g/mol. The number of Topliss-reactive ketones (excluding diaryl/α,β-unsaturated/α-hetero) is 1. The number of nitrogens with zero attached hydrogens (tertiary/aromatic N) is 2. The molecule has 3 aromatic rings. The third-order valence-corrected chi connectivity index (χ3v) is 7.07. The average molecular weight is 509 g/mol. The number of anilines is 1. The number of aromatic nitrogens is 1. The highest BCUT2D eigenvalue weighted by Gasteiger charge is 2.48. The molecule has 9 heteroatoms. The van der Waals surface area contributed by atoms with Gasteiger partial charge in [-0.25, -0.2) is 14.2 Å². The highest BCUT2D eigenvalue weighted by Crippen LogP contribution is 2.44. The van der Waals surface area contributed by atoms with Crippen LogP contribution in [-0.2, 0) is 14.3 Å². The predicted octanol–water partition coefficient (Wildman–Crippen LogP) is 5.52. The predicted molar refractivity (Wildman–Crippen MR) is 135 cm³/mol. The van der Waals surface area contributed by atoms with Crippen LogP contribution in [0.4, 0.5) is 9.52 Å². The van der Waals surface area contributed by atoms with Crippen molar-refractivity contribution in [2.45, 2.75) is 39.7 Å². The van der Waals surface area contributed by atoms with Gasteiger partial charge in [0.05, 0.1) is 23.9 Å². The Morgan fingerprint density at radius 3 is 2.36 bits per heavy atom. The van der Waals surface area contributed by atoms with Crippen LogP contribution in [0.1, 0.15) is 64.8 Å². The molecule has 1 fully saturated rings. The highest BCUT2D eigenvalue weighted by atomic mass is 32.1. The van der Waals surface area contributed by atoms with Crippen LogP contribution in [0.2, 0.25) is 0 Å². The lowest BCUT2D eigenvalue weighted by Gasteiger charge is -2.23. The van der Waals surface area contributed by atoms with E-state index in [0.29, 0.717) is 11.3 Å². The highest BCUT2D eigenvalue weighted by molar-refractivity contribution is 7.17. The van der Waals surface area contributed by atoms with Gasteiger partial charge in [-0.05, 0) is 55.2 Å². The van der Waals surface area contributed by atoms with Crippen LogP contribution < -0.4 is 4.90 Å². The lowest BCUT2D eigenvalue weighted by atomic mass is 9.93. The first kappa shape index (κ1) is 25.2. The van der Waals surface area contributed by atoms with Crippen molar-refractivity contribution in [2.75, 3.05) is 11.5 Å². The van der Waals surface area contributed by atoms with Crippen LogP contribution in [0.3, 0.4) is 0 Å². The Morgan fingerprint density at radius 1 is 1.14 bits per heavy atom. The van der Waals surface area contributed by atoms with E-state index in [0.717, 1.165) is 29.0 Å². The second-order valence-electron chi connectivity index (χ2n) is 8.63. The van der Waals surface area contributed by atoms with Gasteiger partial charge in [-0.1, -0.05) is 49.4 Å². The molecular weight excluding hydrogens is 483 g/mol. The molecule has 2 heterocycles. The third-order valence-electron chi connectivity index (χ3n) is 5.93. The molecule has 1 amide bonds. The van der Waals surface area contributed by atoms with Gasteiger partial charge in [0.1, 0.15) is 16.5 Å². The number of aryl methyl sites for hydroxylation is 1. The van der Waals surface area contributed by atoms with Crippen molar-refractivity contribution in [1.82, 2.24) is 4.98 Å². The number of rotatable bonds is 6. The van der Waals surface area contributed by atoms with E-state index in [2.05, 4.69) is 4.98 Å². The molecule has 1 saturated heterocycles. The Labute approximate surface area is 211 Å². The lowest BCUT2D eigenvalue weighted by Crippen LogP contribution is -2.29. The van der Waals surface area contributed by atoms with Crippen LogP contribution in [0.15, 0.2) is 54.1 Å². The van der Waals surface area contributed by atoms with Crippen LogP contribution >= 0.6 is 11.3 Å². The number of carbonyl (C=O) groups is 3. The summed E-state index contributed by atoms with van der Waals surface area (Å²) in [5, 5.41) is 11.3. The van der Waals surface area contributed by atoms with Crippen molar-refractivity contribution in [3.05, 3.63) is 87.2 Å². The minimum atomic E-state index is -1.00. The standard InChI is InChI=1S/C27H25FN2O5S/c1-5-35-26(34)24-15(4)29-27(36-24)30-21(17-8-6-16(7-9-17)14(2)3)20(23(32)25(30)33)22(31)18-10-12-19(28)13-11-18/h6-14,21,31H,5H2,1-4H3/t21-/m1/s1. The van der Waals surface area contributed by atoms with Crippen LogP contribution in [-0.4, -0.2) is 34.4 Å². The van der Waals surface area contributed by atoms with Crippen LogP contribution in [0.5, 0.6) is 0 Å². The normalized spacial score (nSPS) is 17.2. The zero-order valence-electron chi connectivity index (χ0n) is 20.2. The quantitative estimate of drug-likeness (QED) is 0.204. The maximum atomic E-state index is 13.5. The summed E-state index contributed by atoms with van der Waals surface area (Å²) >= 11 is 0.942. The second kappa shape index (κ2) is 10.0. The number of aliphatic hydroxyl groups excluding tert-OH is 1. The molecule has 0 saturated carbocycles. The summed E-state index contributed by atoms with van der Waals surface area (Å²) in [6.45, 7) is 7.57. The summed E-state index contributed by atoms with van der Waals surface area (Å²) in [7, 11) is 0. The fourth-order valence-corrected chi connectivity index (χ4v) is 5.03. The number of carbonyl (C=O) groups excluding carboxylic acids is 3. The number of hydrogen-bond donors (Lipinski definition) is 1. The number of halogens is 1. The van der Waals surface area contributed by atoms with Gasteiger partial charge >= 0.3 is 11.9 Å². The van der Waals surface area contributed by atoms with Crippen molar-refractivity contribution in [3.8, 4) is 0 Å². The molecule has 1 aliphatic heterocycles. The fourth-order valence-electron chi connectivity index (χ4n) is 4.04. The van der Waals surface area contributed by atoms with Crippen LogP contribution in [0.25, 0.3) is 5.76 Å². The molecule has 0 spiro atoms. The second-order valence-corrected chi connectivity index (χ2v) is 9.61. The first-order valence-electron chi connectivity index (χ1n) is 11.4. The SMILES string of the molecule is CCOC(=O)c1sc(N2C(=O)C(=O)C(=C(O)c3ccc(F)cc3)[C@H]2c2ccc(C(C)C)cc2)nc1C. The summed E-state index contributed by atoms with van der Waals surface area (Å²) < 4.78 is 18.6. The zero-order valence-corrected chi connectivity index (χ0v) is 21.1. The van der Waals surface area contributed by atoms with E-state index in [1.54, 1.807) is 26.0 Å². The van der Waals surface area contributed by atoms with E-state index in [1.807, 2.05) is 26.0 Å². The van der Waals surface area contributed by atoms with E-state index in [4.69, 9.17) is 4.74 Å². The molecule has 1 aromatic heterocycles. The molecule has 0 aliphatic carbocycles. The van der Waals surface area contributed by atoms with Gasteiger partial charge in [0.2, 0.25) is 0 Å². The Hall–Kier alpha value is -3.85. The van der Waals surface area contributed by atoms with Gasteiger partial charge in [0.15, 0.2) is 5.13 Å². The van der Waals surface area contributed by atoms with Crippen molar-refractivity contribution in [2.24, 2.45) is 0 Å². The molecule has 0 bridgehead atoms. The molecule has 4 rings (SSSR count). The van der Waals surface area contributed by atoms with Gasteiger partial charge in [0.25, 0.3) is 5.78 Å². The topological polar surface area (TPSA) is 96.8 Å². The van der Waals surface area contributed by atoms with E-state index in [9.17, 15) is 23.9 Å². The Kier molecular flexibility index (Phi) is 7.03. The molecule has 1 atom stereocenters. The molecule has 7 nitrogen and oxygen atoms in total. The van der Waals surface area contributed by atoms with Gasteiger partial charge < -0.3 is 9.84 Å². The van der Waals surface area contributed by atoms with Crippen molar-refractivity contribution >= 4 is 39.9 Å². The summed E-state index contributed by atoms with van der Waals surface area (Å²) in [5.41, 5.74) is 2.05. The van der Waals surface area contributed by atoms with Crippen molar-refractivity contribution in [1.29, 1.82) is 0 Å². The first-order chi connectivity index (χ1) is 17.1. The Bertz CT molecular complexity index is 1360. The molecule has 1 N–H and O–H groups in total.